The molecule has 4 nitrogen and oxygen atoms in total. The maximum absolute atomic E-state index is 13.8. The van der Waals surface area contributed by atoms with Gasteiger partial charge < -0.3 is 15.1 Å². The lowest BCUT2D eigenvalue weighted by Crippen LogP contribution is -2.33. The van der Waals surface area contributed by atoms with E-state index in [0.717, 1.165) is 12.8 Å². The van der Waals surface area contributed by atoms with Crippen LogP contribution in [0.1, 0.15) is 29.0 Å². The van der Waals surface area contributed by atoms with E-state index >= 15 is 0 Å². The summed E-state index contributed by atoms with van der Waals surface area (Å²) in [4.78, 5) is 14.2. The molecule has 1 aromatic carbocycles. The Labute approximate surface area is 116 Å². The number of carbonyl (C=O) groups is 1. The number of nitrogens with two attached hydrogens (primary N) is 1. The van der Waals surface area contributed by atoms with Crippen LogP contribution in [0.2, 0.25) is 0 Å². The number of hydrogen-bond acceptors (Lipinski definition) is 3. The second-order valence-corrected chi connectivity index (χ2v) is 4.98. The minimum Gasteiger partial charge on any atom is -0.467 e. The van der Waals surface area contributed by atoms with Crippen molar-refractivity contribution in [2.75, 3.05) is 5.73 Å². The van der Waals surface area contributed by atoms with E-state index in [-0.39, 0.29) is 17.5 Å². The van der Waals surface area contributed by atoms with Gasteiger partial charge in [-0.1, -0.05) is 0 Å². The third-order valence-corrected chi connectivity index (χ3v) is 3.38. The number of carbonyl (C=O) groups excluding carboxylic acids is 1. The third-order valence-electron chi connectivity index (χ3n) is 3.38. The Hall–Kier alpha value is -2.30. The summed E-state index contributed by atoms with van der Waals surface area (Å²) < 4.78 is 19.1. The van der Waals surface area contributed by atoms with Crippen molar-refractivity contribution in [1.29, 1.82) is 0 Å². The van der Waals surface area contributed by atoms with E-state index in [1.807, 2.05) is 0 Å². The van der Waals surface area contributed by atoms with Crippen molar-refractivity contribution in [1.82, 2.24) is 4.90 Å². The number of rotatable bonds is 4. The van der Waals surface area contributed by atoms with E-state index in [1.165, 1.54) is 18.2 Å². The first-order valence-electron chi connectivity index (χ1n) is 6.53. The number of anilines is 1. The molecule has 0 radical (unpaired) electrons. The normalized spacial score (nSPS) is 14.2. The molecule has 0 bridgehead atoms. The van der Waals surface area contributed by atoms with Gasteiger partial charge in [0.1, 0.15) is 11.6 Å². The fraction of sp³-hybridized carbons (Fsp3) is 0.267. The standard InChI is InChI=1S/C15H15FN2O2/c16-14-6-3-10(17)8-13(14)15(19)18(11-4-5-11)9-12-2-1-7-20-12/h1-3,6-8,11H,4-5,9,17H2. The monoisotopic (exact) mass is 274 g/mol. The molecule has 1 saturated carbocycles. The van der Waals surface area contributed by atoms with Crippen molar-refractivity contribution in [3.05, 3.63) is 53.7 Å². The Morgan fingerprint density at radius 3 is 2.85 bits per heavy atom. The van der Waals surface area contributed by atoms with Crippen LogP contribution in [0.5, 0.6) is 0 Å². The molecule has 1 aliphatic carbocycles. The molecule has 1 amide bonds. The minimum absolute atomic E-state index is 0.0171. The summed E-state index contributed by atoms with van der Waals surface area (Å²) in [5.41, 5.74) is 6.03. The summed E-state index contributed by atoms with van der Waals surface area (Å²) >= 11 is 0. The quantitative estimate of drug-likeness (QED) is 0.872. The van der Waals surface area contributed by atoms with Gasteiger partial charge in [0.2, 0.25) is 0 Å². The molecular weight excluding hydrogens is 259 g/mol. The second-order valence-electron chi connectivity index (χ2n) is 4.98. The van der Waals surface area contributed by atoms with Crippen LogP contribution in [0.15, 0.2) is 41.0 Å². The molecule has 0 spiro atoms. The van der Waals surface area contributed by atoms with Gasteiger partial charge in [-0.25, -0.2) is 4.39 Å². The van der Waals surface area contributed by atoms with Crippen LogP contribution in [0.3, 0.4) is 0 Å². The molecule has 0 aliphatic heterocycles. The Morgan fingerprint density at radius 2 is 2.20 bits per heavy atom. The molecule has 0 atom stereocenters. The van der Waals surface area contributed by atoms with Gasteiger partial charge in [0.05, 0.1) is 18.4 Å². The van der Waals surface area contributed by atoms with E-state index < -0.39 is 5.82 Å². The molecule has 1 aromatic heterocycles. The highest BCUT2D eigenvalue weighted by atomic mass is 19.1. The van der Waals surface area contributed by atoms with Crippen LogP contribution in [0, 0.1) is 5.82 Å². The molecule has 104 valence electrons. The summed E-state index contributed by atoms with van der Waals surface area (Å²) in [5, 5.41) is 0. The summed E-state index contributed by atoms with van der Waals surface area (Å²) in [6.45, 7) is 0.352. The average Bonchev–Trinajstić information content (AvgIpc) is 3.15. The highest BCUT2D eigenvalue weighted by molar-refractivity contribution is 5.95. The van der Waals surface area contributed by atoms with E-state index in [0.29, 0.717) is 18.0 Å². The smallest absolute Gasteiger partial charge is 0.257 e. The van der Waals surface area contributed by atoms with Crippen LogP contribution >= 0.6 is 0 Å². The van der Waals surface area contributed by atoms with E-state index in [1.54, 1.807) is 23.3 Å². The molecule has 1 fully saturated rings. The maximum atomic E-state index is 13.8. The molecule has 5 heteroatoms. The Morgan fingerprint density at radius 1 is 1.40 bits per heavy atom. The average molecular weight is 274 g/mol. The zero-order chi connectivity index (χ0) is 14.1. The van der Waals surface area contributed by atoms with E-state index in [2.05, 4.69) is 0 Å². The van der Waals surface area contributed by atoms with Gasteiger partial charge in [0.15, 0.2) is 0 Å². The number of hydrogen-bond donors (Lipinski definition) is 1. The molecule has 2 N–H and O–H groups in total. The largest absolute Gasteiger partial charge is 0.467 e. The molecule has 0 unspecified atom stereocenters. The Balaban J connectivity index is 1.87. The zero-order valence-electron chi connectivity index (χ0n) is 10.9. The van der Waals surface area contributed by atoms with Crippen molar-refractivity contribution in [2.24, 2.45) is 0 Å². The first-order chi connectivity index (χ1) is 9.65. The van der Waals surface area contributed by atoms with Crippen molar-refractivity contribution in [3.8, 4) is 0 Å². The van der Waals surface area contributed by atoms with Gasteiger partial charge in [0.25, 0.3) is 5.91 Å². The summed E-state index contributed by atoms with van der Waals surface area (Å²) in [5.74, 6) is -0.197. The Bertz CT molecular complexity index is 621. The number of benzene rings is 1. The highest BCUT2D eigenvalue weighted by Gasteiger charge is 2.34. The number of furan rings is 1. The zero-order valence-corrected chi connectivity index (χ0v) is 10.9. The van der Waals surface area contributed by atoms with Crippen LogP contribution < -0.4 is 5.73 Å². The van der Waals surface area contributed by atoms with Crippen LogP contribution in [0.4, 0.5) is 10.1 Å². The van der Waals surface area contributed by atoms with E-state index in [4.69, 9.17) is 10.2 Å². The van der Waals surface area contributed by atoms with Gasteiger partial charge in [-0.2, -0.15) is 0 Å². The van der Waals surface area contributed by atoms with Crippen LogP contribution in [0.25, 0.3) is 0 Å². The summed E-state index contributed by atoms with van der Waals surface area (Å²) in [6, 6.07) is 7.79. The summed E-state index contributed by atoms with van der Waals surface area (Å²) in [6.07, 6.45) is 3.44. The molecule has 1 aliphatic rings. The number of nitrogen functional groups attached to an aromatic ring is 1. The molecule has 1 heterocycles. The third kappa shape index (κ3) is 2.52. The topological polar surface area (TPSA) is 59.5 Å². The van der Waals surface area contributed by atoms with Crippen molar-refractivity contribution >= 4 is 11.6 Å². The molecule has 2 aromatic rings. The van der Waals surface area contributed by atoms with Crippen molar-refractivity contribution < 1.29 is 13.6 Å². The van der Waals surface area contributed by atoms with Crippen molar-refractivity contribution in [3.63, 3.8) is 0 Å². The summed E-state index contributed by atoms with van der Waals surface area (Å²) in [7, 11) is 0. The van der Waals surface area contributed by atoms with Crippen molar-refractivity contribution in [2.45, 2.75) is 25.4 Å². The molecule has 0 saturated heterocycles. The number of nitrogens with zero attached hydrogens (tertiary/aromatic N) is 1. The fourth-order valence-electron chi connectivity index (χ4n) is 2.18. The number of amides is 1. The first-order valence-corrected chi connectivity index (χ1v) is 6.53. The lowest BCUT2D eigenvalue weighted by atomic mass is 10.1. The van der Waals surface area contributed by atoms with Gasteiger partial charge in [-0.3, -0.25) is 4.79 Å². The predicted molar refractivity (Wildman–Crippen MR) is 72.4 cm³/mol. The van der Waals surface area contributed by atoms with Gasteiger partial charge in [0, 0.05) is 11.7 Å². The highest BCUT2D eigenvalue weighted by Crippen LogP contribution is 2.30. The SMILES string of the molecule is Nc1ccc(F)c(C(=O)N(Cc2ccco2)C2CC2)c1. The lowest BCUT2D eigenvalue weighted by molar-refractivity contribution is 0.0713. The first kappa shape index (κ1) is 12.7. The molecule has 20 heavy (non-hydrogen) atoms. The predicted octanol–water partition coefficient (Wildman–Crippen LogP) is 2.81. The van der Waals surface area contributed by atoms with Gasteiger partial charge >= 0.3 is 0 Å². The molecule has 3 rings (SSSR count). The minimum atomic E-state index is -0.547. The lowest BCUT2D eigenvalue weighted by Gasteiger charge is -2.21. The number of halogens is 1. The van der Waals surface area contributed by atoms with E-state index in [9.17, 15) is 9.18 Å². The molecular formula is C15H15FN2O2. The van der Waals surface area contributed by atoms with Crippen LogP contribution in [-0.4, -0.2) is 16.8 Å². The second kappa shape index (κ2) is 5.00. The van der Waals surface area contributed by atoms with Crippen LogP contribution in [-0.2, 0) is 6.54 Å². The Kier molecular flexibility index (Phi) is 3.18. The fourth-order valence-corrected chi connectivity index (χ4v) is 2.18. The maximum Gasteiger partial charge on any atom is 0.257 e. The van der Waals surface area contributed by atoms with Gasteiger partial charge in [-0.15, -0.1) is 0 Å². The van der Waals surface area contributed by atoms with Gasteiger partial charge in [-0.05, 0) is 43.2 Å².